The molecule has 2 fully saturated rings. The van der Waals surface area contributed by atoms with E-state index >= 15 is 0 Å². The van der Waals surface area contributed by atoms with E-state index in [9.17, 15) is 23.6 Å². The molecule has 2 aliphatic rings. The summed E-state index contributed by atoms with van der Waals surface area (Å²) in [5.41, 5.74) is 5.80. The van der Waals surface area contributed by atoms with Crippen LogP contribution in [-0.4, -0.2) is 32.6 Å². The molecular formula is C21H18FN3O4S. The molecule has 0 bridgehead atoms. The van der Waals surface area contributed by atoms with Crippen molar-refractivity contribution in [1.82, 2.24) is 10.3 Å². The van der Waals surface area contributed by atoms with Crippen molar-refractivity contribution >= 4 is 33.8 Å². The van der Waals surface area contributed by atoms with Crippen LogP contribution in [0.3, 0.4) is 0 Å². The van der Waals surface area contributed by atoms with Gasteiger partial charge in [0, 0.05) is 12.1 Å². The third kappa shape index (κ3) is 3.85. The van der Waals surface area contributed by atoms with E-state index in [0.29, 0.717) is 29.8 Å². The number of aromatic nitrogens is 1. The second kappa shape index (κ2) is 7.64. The van der Waals surface area contributed by atoms with Crippen molar-refractivity contribution in [2.45, 2.75) is 37.1 Å². The van der Waals surface area contributed by atoms with Gasteiger partial charge in [-0.2, -0.15) is 0 Å². The van der Waals surface area contributed by atoms with Gasteiger partial charge in [-0.3, -0.25) is 19.2 Å². The number of benzene rings is 1. The molecule has 4 rings (SSSR count). The number of pyridine rings is 1. The minimum atomic E-state index is -1.93. The molecule has 1 saturated heterocycles. The third-order valence-electron chi connectivity index (χ3n) is 5.19. The Balaban J connectivity index is 1.61. The van der Waals surface area contributed by atoms with Gasteiger partial charge in [-0.25, -0.2) is 9.37 Å². The molecule has 0 radical (unpaired) electrons. The van der Waals surface area contributed by atoms with Crippen LogP contribution in [0.4, 0.5) is 4.39 Å². The zero-order chi connectivity index (χ0) is 21.5. The summed E-state index contributed by atoms with van der Waals surface area (Å²) in [6, 6.07) is 9.40. The molecule has 3 N–H and O–H groups in total. The van der Waals surface area contributed by atoms with E-state index in [-0.39, 0.29) is 11.5 Å². The van der Waals surface area contributed by atoms with E-state index in [1.807, 2.05) is 6.07 Å². The SMILES string of the molecule is NC(=O)CC1(NC(=O)c2ccc(C3CC3)c(Cc3ccc(F)cc3)n2)C(=O)SC1=O. The van der Waals surface area contributed by atoms with Crippen LogP contribution < -0.4 is 11.1 Å². The molecule has 2 amide bonds. The Morgan fingerprint density at radius 2 is 1.80 bits per heavy atom. The minimum absolute atomic E-state index is 0.0258. The third-order valence-corrected chi connectivity index (χ3v) is 6.26. The maximum absolute atomic E-state index is 13.2. The molecule has 2 aromatic rings. The first-order valence-corrected chi connectivity index (χ1v) is 10.2. The Labute approximate surface area is 175 Å². The van der Waals surface area contributed by atoms with Crippen molar-refractivity contribution in [1.29, 1.82) is 0 Å². The van der Waals surface area contributed by atoms with Gasteiger partial charge in [-0.15, -0.1) is 0 Å². The van der Waals surface area contributed by atoms with Gasteiger partial charge in [0.2, 0.25) is 16.1 Å². The Morgan fingerprint density at radius 1 is 1.13 bits per heavy atom. The van der Waals surface area contributed by atoms with Gasteiger partial charge in [0.05, 0.1) is 6.42 Å². The van der Waals surface area contributed by atoms with Gasteiger partial charge < -0.3 is 11.1 Å². The van der Waals surface area contributed by atoms with Crippen LogP contribution in [0.5, 0.6) is 0 Å². The molecule has 1 aromatic carbocycles. The van der Waals surface area contributed by atoms with Crippen LogP contribution in [-0.2, 0) is 20.8 Å². The standard InChI is InChI=1S/C21H18FN3O4S/c22-13-5-1-11(2-6-13)9-16-14(12-3-4-12)7-8-15(24-16)18(27)25-21(10-17(23)26)19(28)30-20(21)29/h1-2,5-8,12H,3-4,9-10H2,(H2,23,26)(H,25,27). The first kappa shape index (κ1) is 20.2. The number of hydrogen-bond acceptors (Lipinski definition) is 6. The van der Waals surface area contributed by atoms with E-state index in [1.165, 1.54) is 18.2 Å². The van der Waals surface area contributed by atoms with Gasteiger partial charge in [-0.05, 0) is 59.8 Å². The average molecular weight is 427 g/mol. The zero-order valence-corrected chi connectivity index (χ0v) is 16.6. The second-order valence-corrected chi connectivity index (χ2v) is 8.44. The molecule has 1 aliphatic carbocycles. The van der Waals surface area contributed by atoms with Crippen LogP contribution in [0.1, 0.15) is 52.5 Å². The largest absolute Gasteiger partial charge is 0.370 e. The molecule has 2 heterocycles. The van der Waals surface area contributed by atoms with E-state index in [0.717, 1.165) is 24.0 Å². The summed E-state index contributed by atoms with van der Waals surface area (Å²) in [6.07, 6.45) is 1.89. The number of nitrogens with two attached hydrogens (primary N) is 1. The van der Waals surface area contributed by atoms with Gasteiger partial charge in [0.25, 0.3) is 5.91 Å². The summed E-state index contributed by atoms with van der Waals surface area (Å²) in [5.74, 6) is -1.57. The maximum atomic E-state index is 13.2. The van der Waals surface area contributed by atoms with Crippen LogP contribution in [0.25, 0.3) is 0 Å². The Hall–Kier alpha value is -3.07. The Bertz CT molecular complexity index is 1050. The number of halogens is 1. The van der Waals surface area contributed by atoms with Crippen LogP contribution in [0.2, 0.25) is 0 Å². The van der Waals surface area contributed by atoms with Crippen molar-refractivity contribution in [2.24, 2.45) is 5.73 Å². The molecule has 0 spiro atoms. The molecule has 9 heteroatoms. The smallest absolute Gasteiger partial charge is 0.271 e. The summed E-state index contributed by atoms with van der Waals surface area (Å²) < 4.78 is 13.2. The minimum Gasteiger partial charge on any atom is -0.370 e. The number of rotatable bonds is 7. The van der Waals surface area contributed by atoms with E-state index in [2.05, 4.69) is 10.3 Å². The summed E-state index contributed by atoms with van der Waals surface area (Å²) in [6.45, 7) is 0. The predicted octanol–water partition coefficient (Wildman–Crippen LogP) is 1.83. The first-order valence-electron chi connectivity index (χ1n) is 9.40. The molecule has 154 valence electrons. The quantitative estimate of drug-likeness (QED) is 0.651. The second-order valence-electron chi connectivity index (χ2n) is 7.49. The number of primary amides is 1. The van der Waals surface area contributed by atoms with Gasteiger partial charge in [-0.1, -0.05) is 18.2 Å². The van der Waals surface area contributed by atoms with E-state index in [1.54, 1.807) is 12.1 Å². The van der Waals surface area contributed by atoms with Crippen molar-refractivity contribution in [2.75, 3.05) is 0 Å². The highest BCUT2D eigenvalue weighted by atomic mass is 32.2. The fraction of sp³-hybridized carbons (Fsp3) is 0.286. The van der Waals surface area contributed by atoms with Gasteiger partial charge >= 0.3 is 0 Å². The lowest BCUT2D eigenvalue weighted by Crippen LogP contribution is -2.66. The van der Waals surface area contributed by atoms with Crippen LogP contribution in [0.15, 0.2) is 36.4 Å². The fourth-order valence-corrected chi connectivity index (χ4v) is 4.24. The lowest BCUT2D eigenvalue weighted by atomic mass is 9.96. The molecule has 0 unspecified atom stereocenters. The molecule has 0 atom stereocenters. The van der Waals surface area contributed by atoms with Crippen molar-refractivity contribution in [3.05, 3.63) is 64.7 Å². The Morgan fingerprint density at radius 3 is 2.37 bits per heavy atom. The molecule has 7 nitrogen and oxygen atoms in total. The number of nitrogens with zero attached hydrogens (tertiary/aromatic N) is 1. The maximum Gasteiger partial charge on any atom is 0.271 e. The number of thioether (sulfide) groups is 1. The highest BCUT2D eigenvalue weighted by Crippen LogP contribution is 2.42. The van der Waals surface area contributed by atoms with Crippen LogP contribution >= 0.6 is 11.8 Å². The molecule has 30 heavy (non-hydrogen) atoms. The normalized spacial score (nSPS) is 17.4. The highest BCUT2D eigenvalue weighted by Gasteiger charge is 2.58. The lowest BCUT2D eigenvalue weighted by Gasteiger charge is -2.36. The monoisotopic (exact) mass is 427 g/mol. The number of hydrogen-bond donors (Lipinski definition) is 2. The summed E-state index contributed by atoms with van der Waals surface area (Å²) in [4.78, 5) is 52.6. The van der Waals surface area contributed by atoms with E-state index < -0.39 is 34.0 Å². The lowest BCUT2D eigenvalue weighted by molar-refractivity contribution is -0.134. The van der Waals surface area contributed by atoms with Crippen molar-refractivity contribution in [3.63, 3.8) is 0 Å². The van der Waals surface area contributed by atoms with Crippen molar-refractivity contribution < 1.29 is 23.6 Å². The number of nitrogens with one attached hydrogen (secondary N) is 1. The predicted molar refractivity (Wildman–Crippen MR) is 107 cm³/mol. The molecular weight excluding hydrogens is 409 g/mol. The summed E-state index contributed by atoms with van der Waals surface area (Å²) in [7, 11) is 0. The summed E-state index contributed by atoms with van der Waals surface area (Å²) in [5, 5.41) is 1.12. The van der Waals surface area contributed by atoms with Crippen molar-refractivity contribution in [3.8, 4) is 0 Å². The average Bonchev–Trinajstić information content (AvgIpc) is 3.54. The molecule has 1 aliphatic heterocycles. The van der Waals surface area contributed by atoms with E-state index in [4.69, 9.17) is 5.73 Å². The number of carbonyl (C=O) groups is 4. The Kier molecular flexibility index (Phi) is 5.15. The van der Waals surface area contributed by atoms with Gasteiger partial charge in [0.15, 0.2) is 5.54 Å². The molecule has 1 aromatic heterocycles. The van der Waals surface area contributed by atoms with Gasteiger partial charge in [0.1, 0.15) is 11.5 Å². The first-order chi connectivity index (χ1) is 14.3. The fourth-order valence-electron chi connectivity index (χ4n) is 3.45. The zero-order valence-electron chi connectivity index (χ0n) is 15.8. The topological polar surface area (TPSA) is 119 Å². The molecule has 1 saturated carbocycles. The highest BCUT2D eigenvalue weighted by molar-refractivity contribution is 8.30. The number of carbonyl (C=O) groups excluding carboxylic acids is 4. The summed E-state index contributed by atoms with van der Waals surface area (Å²) >= 11 is 0.439. The number of amides is 2. The van der Waals surface area contributed by atoms with Crippen LogP contribution in [0, 0.1) is 5.82 Å².